The van der Waals surface area contributed by atoms with Gasteiger partial charge >= 0.3 is 17.9 Å². The van der Waals surface area contributed by atoms with Gasteiger partial charge < -0.3 is 14.2 Å². The Morgan fingerprint density at radius 3 is 0.725 bits per heavy atom. The lowest BCUT2D eigenvalue weighted by atomic mass is 10.0. The van der Waals surface area contributed by atoms with Gasteiger partial charge in [-0.15, -0.1) is 0 Å². The summed E-state index contributed by atoms with van der Waals surface area (Å²) in [4.78, 5) is 38.5. The highest BCUT2D eigenvalue weighted by Gasteiger charge is 2.19. The van der Waals surface area contributed by atoms with Gasteiger partial charge in [-0.1, -0.05) is 326 Å². The van der Waals surface area contributed by atoms with Gasteiger partial charge in [0.05, 0.1) is 0 Å². The third-order valence-corrected chi connectivity index (χ3v) is 15.7. The van der Waals surface area contributed by atoms with Gasteiger partial charge in [-0.25, -0.2) is 0 Å². The van der Waals surface area contributed by atoms with Crippen LogP contribution in [0, 0.1) is 0 Å². The minimum atomic E-state index is -0.784. The van der Waals surface area contributed by atoms with Crippen LogP contribution < -0.4 is 0 Å². The standard InChI is InChI=1S/C74H134O6/c1-4-7-10-13-16-19-22-25-28-31-34-35-36-37-38-41-43-46-49-52-55-58-61-64-67-73(76)79-70-71(80-74(77)68-65-62-59-56-53-50-47-44-40-33-30-27-24-21-18-15-12-9-6-3)69-78-72(75)66-63-60-57-54-51-48-45-42-39-32-29-26-23-20-17-14-11-8-5-2/h17-18,20-21,26-27,29-30,40,44,71H,4-16,19,22-25,28,31-39,41-43,45-70H2,1-3H3/b20-17-,21-18-,29-26-,30-27-,44-40-. The molecule has 0 aliphatic carbocycles. The van der Waals surface area contributed by atoms with E-state index in [9.17, 15) is 14.4 Å². The van der Waals surface area contributed by atoms with Crippen LogP contribution in [0.15, 0.2) is 60.8 Å². The van der Waals surface area contributed by atoms with E-state index >= 15 is 0 Å². The molecule has 0 radical (unpaired) electrons. The molecule has 0 saturated carbocycles. The molecule has 1 unspecified atom stereocenters. The highest BCUT2D eigenvalue weighted by atomic mass is 16.6. The maximum atomic E-state index is 13.0. The number of unbranched alkanes of at least 4 members (excludes halogenated alkanes) is 44. The van der Waals surface area contributed by atoms with Crippen LogP contribution >= 0.6 is 0 Å². The Morgan fingerprint density at radius 1 is 0.250 bits per heavy atom. The molecular formula is C74H134O6. The molecule has 1 atom stereocenters. The number of rotatable bonds is 65. The van der Waals surface area contributed by atoms with Crippen LogP contribution in [0.25, 0.3) is 0 Å². The predicted molar refractivity (Wildman–Crippen MR) is 348 cm³/mol. The summed E-state index contributed by atoms with van der Waals surface area (Å²) in [5.41, 5.74) is 0. The molecule has 0 bridgehead atoms. The van der Waals surface area contributed by atoms with Crippen LogP contribution in [0.3, 0.4) is 0 Å². The molecule has 0 aromatic carbocycles. The Labute approximate surface area is 498 Å². The first-order valence-electron chi connectivity index (χ1n) is 35.3. The molecule has 0 aromatic rings. The second-order valence-corrected chi connectivity index (χ2v) is 23.8. The lowest BCUT2D eigenvalue weighted by Gasteiger charge is -2.18. The summed E-state index contributed by atoms with van der Waals surface area (Å²) in [5.74, 6) is -0.870. The highest BCUT2D eigenvalue weighted by molar-refractivity contribution is 5.71. The largest absolute Gasteiger partial charge is 0.462 e. The van der Waals surface area contributed by atoms with E-state index in [4.69, 9.17) is 14.2 Å². The van der Waals surface area contributed by atoms with Gasteiger partial charge in [-0.3, -0.25) is 14.4 Å². The van der Waals surface area contributed by atoms with Crippen molar-refractivity contribution in [1.29, 1.82) is 0 Å². The van der Waals surface area contributed by atoms with E-state index < -0.39 is 6.10 Å². The number of carbonyl (C=O) groups is 3. The quantitative estimate of drug-likeness (QED) is 0.0261. The lowest BCUT2D eigenvalue weighted by Crippen LogP contribution is -2.30. The molecule has 0 aliphatic rings. The van der Waals surface area contributed by atoms with Gasteiger partial charge in [0, 0.05) is 19.3 Å². The zero-order valence-corrected chi connectivity index (χ0v) is 53.6. The van der Waals surface area contributed by atoms with Crippen molar-refractivity contribution in [2.45, 2.75) is 380 Å². The fourth-order valence-electron chi connectivity index (χ4n) is 10.4. The first-order valence-corrected chi connectivity index (χ1v) is 35.3. The third kappa shape index (κ3) is 65.9. The fourth-order valence-corrected chi connectivity index (χ4v) is 10.4. The zero-order valence-electron chi connectivity index (χ0n) is 53.6. The van der Waals surface area contributed by atoms with Crippen molar-refractivity contribution in [2.24, 2.45) is 0 Å². The highest BCUT2D eigenvalue weighted by Crippen LogP contribution is 2.18. The second-order valence-electron chi connectivity index (χ2n) is 23.8. The lowest BCUT2D eigenvalue weighted by molar-refractivity contribution is -0.167. The second kappa shape index (κ2) is 68.6. The average molecular weight is 1120 g/mol. The van der Waals surface area contributed by atoms with Gasteiger partial charge in [0.25, 0.3) is 0 Å². The summed E-state index contributed by atoms with van der Waals surface area (Å²) in [7, 11) is 0. The fraction of sp³-hybridized carbons (Fsp3) is 0.824. The molecule has 0 fully saturated rings. The van der Waals surface area contributed by atoms with Crippen molar-refractivity contribution < 1.29 is 28.6 Å². The van der Waals surface area contributed by atoms with Gasteiger partial charge in [0.2, 0.25) is 0 Å². The topological polar surface area (TPSA) is 78.9 Å². The van der Waals surface area contributed by atoms with Crippen molar-refractivity contribution in [3.8, 4) is 0 Å². The van der Waals surface area contributed by atoms with Gasteiger partial charge in [0.1, 0.15) is 13.2 Å². The molecule has 0 amide bonds. The Morgan fingerprint density at radius 2 is 0.450 bits per heavy atom. The molecule has 80 heavy (non-hydrogen) atoms. The maximum absolute atomic E-state index is 13.0. The molecule has 0 aromatic heterocycles. The molecule has 0 aliphatic heterocycles. The number of hydrogen-bond acceptors (Lipinski definition) is 6. The van der Waals surface area contributed by atoms with E-state index in [0.717, 1.165) is 89.9 Å². The number of ether oxygens (including phenoxy) is 3. The summed E-state index contributed by atoms with van der Waals surface area (Å²) >= 11 is 0. The molecule has 466 valence electrons. The summed E-state index contributed by atoms with van der Waals surface area (Å²) in [6, 6.07) is 0. The first kappa shape index (κ1) is 77.1. The first-order chi connectivity index (χ1) is 39.5. The smallest absolute Gasteiger partial charge is 0.306 e. The summed E-state index contributed by atoms with van der Waals surface area (Å²) in [6.45, 7) is 6.64. The van der Waals surface area contributed by atoms with Crippen LogP contribution in [0.1, 0.15) is 374 Å². The van der Waals surface area contributed by atoms with Crippen molar-refractivity contribution in [1.82, 2.24) is 0 Å². The zero-order chi connectivity index (χ0) is 57.8. The number of carbonyl (C=O) groups excluding carboxylic acids is 3. The van der Waals surface area contributed by atoms with Crippen LogP contribution in [0.2, 0.25) is 0 Å². The minimum absolute atomic E-state index is 0.0773. The van der Waals surface area contributed by atoms with E-state index in [1.165, 1.54) is 244 Å². The Kier molecular flexibility index (Phi) is 66.1. The molecule has 0 heterocycles. The van der Waals surface area contributed by atoms with E-state index in [1.807, 2.05) is 0 Å². The van der Waals surface area contributed by atoms with Crippen LogP contribution in [-0.4, -0.2) is 37.2 Å². The van der Waals surface area contributed by atoms with Crippen LogP contribution in [0.5, 0.6) is 0 Å². The molecule has 0 N–H and O–H groups in total. The Hall–Kier alpha value is -2.89. The monoisotopic (exact) mass is 1120 g/mol. The predicted octanol–water partition coefficient (Wildman–Crippen LogP) is 24.3. The molecule has 6 heteroatoms. The number of hydrogen-bond donors (Lipinski definition) is 0. The summed E-state index contributed by atoms with van der Waals surface area (Å²) in [5, 5.41) is 0. The third-order valence-electron chi connectivity index (χ3n) is 15.7. The van der Waals surface area contributed by atoms with E-state index in [-0.39, 0.29) is 31.1 Å². The van der Waals surface area contributed by atoms with Gasteiger partial charge in [-0.2, -0.15) is 0 Å². The molecule has 0 rings (SSSR count). The van der Waals surface area contributed by atoms with Crippen molar-refractivity contribution in [2.75, 3.05) is 13.2 Å². The van der Waals surface area contributed by atoms with Crippen molar-refractivity contribution in [3.63, 3.8) is 0 Å². The average Bonchev–Trinajstić information content (AvgIpc) is 3.46. The van der Waals surface area contributed by atoms with Gasteiger partial charge in [-0.05, 0) is 89.9 Å². The SMILES string of the molecule is CCCCC/C=C\C/C=C\C/C=C\CCCCCCCCC(=O)OC(COC(=O)CCCCCCCCCCC/C=C\C/C=C\CCCCC)COC(=O)CCCCCCCCCCCCCCCCCCCCCCCCCC. The molecule has 0 spiro atoms. The van der Waals surface area contributed by atoms with Gasteiger partial charge in [0.15, 0.2) is 6.10 Å². The molecular weight excluding hydrogens is 985 g/mol. The summed E-state index contributed by atoms with van der Waals surface area (Å²) in [6.07, 6.45) is 88.1. The van der Waals surface area contributed by atoms with Crippen molar-refractivity contribution in [3.05, 3.63) is 60.8 Å². The normalized spacial score (nSPS) is 12.4. The van der Waals surface area contributed by atoms with Crippen LogP contribution in [0.4, 0.5) is 0 Å². The maximum Gasteiger partial charge on any atom is 0.306 e. The van der Waals surface area contributed by atoms with E-state index in [0.29, 0.717) is 19.3 Å². The van der Waals surface area contributed by atoms with Crippen molar-refractivity contribution >= 4 is 17.9 Å². The molecule has 0 saturated heterocycles. The summed E-state index contributed by atoms with van der Waals surface area (Å²) < 4.78 is 17.0. The Balaban J connectivity index is 4.33. The number of allylic oxidation sites excluding steroid dienone is 10. The molecule has 6 nitrogen and oxygen atoms in total. The Bertz CT molecular complexity index is 1430. The van der Waals surface area contributed by atoms with Crippen LogP contribution in [-0.2, 0) is 28.6 Å². The van der Waals surface area contributed by atoms with E-state index in [2.05, 4.69) is 81.5 Å². The van der Waals surface area contributed by atoms with E-state index in [1.54, 1.807) is 0 Å². The number of esters is 3. The minimum Gasteiger partial charge on any atom is -0.462 e.